The minimum atomic E-state index is -3.13. The number of carbonyl (C=O) groups is 1. The molecule has 0 aromatic heterocycles. The van der Waals surface area contributed by atoms with Gasteiger partial charge in [0.1, 0.15) is 0 Å². The molecule has 7 heteroatoms. The topological polar surface area (TPSA) is 78.5 Å². The summed E-state index contributed by atoms with van der Waals surface area (Å²) in [4.78, 5) is 12.3. The van der Waals surface area contributed by atoms with Gasteiger partial charge in [-0.2, -0.15) is 4.31 Å². The maximum atomic E-state index is 12.4. The Morgan fingerprint density at radius 3 is 2.46 bits per heavy atom. The van der Waals surface area contributed by atoms with E-state index in [2.05, 4.69) is 10.6 Å². The zero-order chi connectivity index (χ0) is 16.8. The van der Waals surface area contributed by atoms with E-state index in [9.17, 15) is 13.2 Å². The quantitative estimate of drug-likeness (QED) is 0.809. The molecule has 1 saturated heterocycles. The summed E-state index contributed by atoms with van der Waals surface area (Å²) in [6.07, 6.45) is 10.8. The number of urea groups is 1. The van der Waals surface area contributed by atoms with Crippen LogP contribution in [0.2, 0.25) is 0 Å². The number of nitrogens with zero attached hydrogens (tertiary/aromatic N) is 1. The third kappa shape index (κ3) is 3.29. The molecule has 6 nitrogen and oxygen atoms in total. The molecule has 2 amide bonds. The van der Waals surface area contributed by atoms with E-state index in [0.29, 0.717) is 24.5 Å². The fourth-order valence-corrected chi connectivity index (χ4v) is 6.54. The van der Waals surface area contributed by atoms with Gasteiger partial charge in [-0.3, -0.25) is 0 Å². The van der Waals surface area contributed by atoms with Crippen molar-refractivity contribution in [2.75, 3.05) is 13.1 Å². The lowest BCUT2D eigenvalue weighted by atomic mass is 9.86. The van der Waals surface area contributed by atoms with Gasteiger partial charge in [0.05, 0.1) is 5.25 Å². The summed E-state index contributed by atoms with van der Waals surface area (Å²) in [6.45, 7) is 1.03. The van der Waals surface area contributed by atoms with Crippen LogP contribution < -0.4 is 10.6 Å². The van der Waals surface area contributed by atoms with Crippen LogP contribution in [0.3, 0.4) is 0 Å². The second-order valence-electron chi connectivity index (χ2n) is 8.24. The SMILES string of the molecule is O=C(NC1CC12CCCCC2)N[C@@H]1CCCN(S(=O)(=O)C2CC2)C1. The Morgan fingerprint density at radius 2 is 1.75 bits per heavy atom. The molecule has 1 aliphatic heterocycles. The van der Waals surface area contributed by atoms with Crippen LogP contribution in [0, 0.1) is 5.41 Å². The van der Waals surface area contributed by atoms with Crippen LogP contribution >= 0.6 is 0 Å². The van der Waals surface area contributed by atoms with Gasteiger partial charge in [0.15, 0.2) is 0 Å². The highest BCUT2D eigenvalue weighted by Crippen LogP contribution is 2.56. The predicted octanol–water partition coefficient (Wildman–Crippen LogP) is 1.97. The first kappa shape index (κ1) is 16.6. The Labute approximate surface area is 144 Å². The molecule has 1 spiro atoms. The van der Waals surface area contributed by atoms with E-state index in [1.54, 1.807) is 4.31 Å². The summed E-state index contributed by atoms with van der Waals surface area (Å²) in [5.41, 5.74) is 0.378. The first-order chi connectivity index (χ1) is 11.5. The summed E-state index contributed by atoms with van der Waals surface area (Å²) in [7, 11) is -3.13. The molecule has 2 N–H and O–H groups in total. The third-order valence-electron chi connectivity index (χ3n) is 6.37. The van der Waals surface area contributed by atoms with Gasteiger partial charge >= 0.3 is 6.03 Å². The number of amides is 2. The van der Waals surface area contributed by atoms with Gasteiger partial charge in [-0.15, -0.1) is 0 Å². The molecule has 1 heterocycles. The van der Waals surface area contributed by atoms with Crippen LogP contribution in [0.5, 0.6) is 0 Å². The van der Waals surface area contributed by atoms with Crippen LogP contribution in [0.4, 0.5) is 4.79 Å². The first-order valence-corrected chi connectivity index (χ1v) is 11.1. The monoisotopic (exact) mass is 355 g/mol. The minimum absolute atomic E-state index is 0.0617. The zero-order valence-electron chi connectivity index (χ0n) is 14.3. The van der Waals surface area contributed by atoms with Gasteiger partial charge in [-0.1, -0.05) is 19.3 Å². The van der Waals surface area contributed by atoms with Gasteiger partial charge in [-0.05, 0) is 50.4 Å². The number of hydrogen-bond donors (Lipinski definition) is 2. The Hall–Kier alpha value is -0.820. The molecule has 4 aliphatic rings. The molecule has 0 aromatic rings. The maximum Gasteiger partial charge on any atom is 0.315 e. The van der Waals surface area contributed by atoms with E-state index < -0.39 is 10.0 Å². The highest BCUT2D eigenvalue weighted by Gasteiger charge is 2.54. The molecular formula is C17H29N3O3S. The van der Waals surface area contributed by atoms with Crippen molar-refractivity contribution in [3.8, 4) is 0 Å². The van der Waals surface area contributed by atoms with E-state index in [-0.39, 0.29) is 17.3 Å². The normalized spacial score (nSPS) is 33.2. The van der Waals surface area contributed by atoms with Gasteiger partial charge in [0.25, 0.3) is 0 Å². The number of rotatable bonds is 4. The predicted molar refractivity (Wildman–Crippen MR) is 92.1 cm³/mol. The summed E-state index contributed by atoms with van der Waals surface area (Å²) in [5, 5.41) is 5.99. The van der Waals surface area contributed by atoms with Gasteiger partial charge in [0, 0.05) is 25.2 Å². The number of carbonyl (C=O) groups excluding carboxylic acids is 1. The Bertz CT molecular complexity index is 596. The summed E-state index contributed by atoms with van der Waals surface area (Å²) < 4.78 is 26.3. The van der Waals surface area contributed by atoms with Crippen molar-refractivity contribution in [3.05, 3.63) is 0 Å². The summed E-state index contributed by atoms with van der Waals surface area (Å²) in [5.74, 6) is 0. The lowest BCUT2D eigenvalue weighted by Crippen LogP contribution is -2.53. The maximum absolute atomic E-state index is 12.4. The van der Waals surface area contributed by atoms with E-state index in [1.165, 1.54) is 32.1 Å². The van der Waals surface area contributed by atoms with E-state index >= 15 is 0 Å². The molecule has 2 atom stereocenters. The molecule has 0 radical (unpaired) electrons. The molecule has 4 fully saturated rings. The van der Waals surface area contributed by atoms with Crippen molar-refractivity contribution in [1.82, 2.24) is 14.9 Å². The van der Waals surface area contributed by atoms with Crippen LogP contribution in [-0.2, 0) is 10.0 Å². The number of piperidine rings is 1. The van der Waals surface area contributed by atoms with Crippen LogP contribution in [0.1, 0.15) is 64.2 Å². The third-order valence-corrected chi connectivity index (χ3v) is 8.73. The van der Waals surface area contributed by atoms with Crippen molar-refractivity contribution < 1.29 is 13.2 Å². The average Bonchev–Trinajstić information content (AvgIpc) is 3.47. The minimum Gasteiger partial charge on any atom is -0.335 e. The van der Waals surface area contributed by atoms with Gasteiger partial charge < -0.3 is 10.6 Å². The fourth-order valence-electron chi connectivity index (χ4n) is 4.61. The van der Waals surface area contributed by atoms with Crippen molar-refractivity contribution in [3.63, 3.8) is 0 Å². The smallest absolute Gasteiger partial charge is 0.315 e. The largest absolute Gasteiger partial charge is 0.335 e. The first-order valence-electron chi connectivity index (χ1n) is 9.56. The molecule has 3 saturated carbocycles. The Morgan fingerprint density at radius 1 is 1.00 bits per heavy atom. The average molecular weight is 356 g/mol. The van der Waals surface area contributed by atoms with Crippen molar-refractivity contribution >= 4 is 16.1 Å². The van der Waals surface area contributed by atoms with Crippen LogP contribution in [-0.4, -0.2) is 49.2 Å². The van der Waals surface area contributed by atoms with Crippen LogP contribution in [0.25, 0.3) is 0 Å². The van der Waals surface area contributed by atoms with E-state index in [4.69, 9.17) is 0 Å². The number of hydrogen-bond acceptors (Lipinski definition) is 3. The van der Waals surface area contributed by atoms with Crippen molar-refractivity contribution in [2.24, 2.45) is 5.41 Å². The highest BCUT2D eigenvalue weighted by atomic mass is 32.2. The molecule has 0 bridgehead atoms. The molecule has 3 aliphatic carbocycles. The van der Waals surface area contributed by atoms with Gasteiger partial charge in [-0.25, -0.2) is 13.2 Å². The number of nitrogens with one attached hydrogen (secondary N) is 2. The Balaban J connectivity index is 1.27. The molecule has 136 valence electrons. The standard InChI is InChI=1S/C17H29N3O3S/c21-16(19-15-11-17(15)8-2-1-3-9-17)18-13-5-4-10-20(12-13)24(22,23)14-6-7-14/h13-15H,1-12H2,(H2,18,19,21)/t13-,15?/m1/s1. The summed E-state index contributed by atoms with van der Waals surface area (Å²) in [6, 6.07) is 0.152. The van der Waals surface area contributed by atoms with E-state index in [1.807, 2.05) is 0 Å². The lowest BCUT2D eigenvalue weighted by Gasteiger charge is -2.32. The molecule has 4 rings (SSSR count). The fraction of sp³-hybridized carbons (Fsp3) is 0.941. The molecule has 0 aromatic carbocycles. The molecule has 24 heavy (non-hydrogen) atoms. The van der Waals surface area contributed by atoms with Crippen molar-refractivity contribution in [1.29, 1.82) is 0 Å². The summed E-state index contributed by atoms with van der Waals surface area (Å²) >= 11 is 0. The molecule has 1 unspecified atom stereocenters. The lowest BCUT2D eigenvalue weighted by molar-refractivity contribution is 0.221. The second kappa shape index (κ2) is 6.16. The van der Waals surface area contributed by atoms with E-state index in [0.717, 1.165) is 32.1 Å². The van der Waals surface area contributed by atoms with Crippen molar-refractivity contribution in [2.45, 2.75) is 81.5 Å². The highest BCUT2D eigenvalue weighted by molar-refractivity contribution is 7.90. The van der Waals surface area contributed by atoms with Gasteiger partial charge in [0.2, 0.25) is 10.0 Å². The van der Waals surface area contributed by atoms with Crippen LogP contribution in [0.15, 0.2) is 0 Å². The Kier molecular flexibility index (Phi) is 4.27. The zero-order valence-corrected chi connectivity index (χ0v) is 15.1. The molecular weight excluding hydrogens is 326 g/mol. The second-order valence-corrected chi connectivity index (χ2v) is 10.5. The number of sulfonamides is 1.